The van der Waals surface area contributed by atoms with Crippen LogP contribution in [0.1, 0.15) is 22.8 Å². The molecule has 9 heteroatoms. The number of benzene rings is 2. The van der Waals surface area contributed by atoms with Gasteiger partial charge in [0.15, 0.2) is 6.10 Å². The fourth-order valence-electron chi connectivity index (χ4n) is 2.97. The second-order valence-electron chi connectivity index (χ2n) is 6.82. The first kappa shape index (κ1) is 21.9. The predicted molar refractivity (Wildman–Crippen MR) is 109 cm³/mol. The molecular formula is C21H24N2O6S. The zero-order valence-electron chi connectivity index (χ0n) is 16.6. The molecule has 2 aromatic rings. The highest BCUT2D eigenvalue weighted by Crippen LogP contribution is 2.15. The van der Waals surface area contributed by atoms with E-state index in [4.69, 9.17) is 9.47 Å². The van der Waals surface area contributed by atoms with Gasteiger partial charge in [0.2, 0.25) is 10.0 Å². The molecule has 1 atom stereocenters. The van der Waals surface area contributed by atoms with E-state index in [2.05, 4.69) is 4.72 Å². The van der Waals surface area contributed by atoms with Crippen LogP contribution in [0.2, 0.25) is 0 Å². The molecule has 1 aliphatic rings. The summed E-state index contributed by atoms with van der Waals surface area (Å²) in [6, 6.07) is 14.6. The molecule has 3 rings (SSSR count). The SMILES string of the molecule is CC(OC(=O)c1cccc(S(=O)(=O)NCc2ccccc2)c1)C(=O)N1CCOCC1. The molecule has 1 saturated heterocycles. The van der Waals surface area contributed by atoms with E-state index in [-0.39, 0.29) is 22.9 Å². The van der Waals surface area contributed by atoms with E-state index >= 15 is 0 Å². The molecule has 1 aliphatic heterocycles. The molecule has 1 fully saturated rings. The summed E-state index contributed by atoms with van der Waals surface area (Å²) in [6.07, 6.45) is -0.980. The molecule has 30 heavy (non-hydrogen) atoms. The van der Waals surface area contributed by atoms with Crippen LogP contribution in [0.25, 0.3) is 0 Å². The number of ether oxygens (including phenoxy) is 2. The standard InChI is InChI=1S/C21H24N2O6S/c1-16(20(24)23-10-12-28-13-11-23)29-21(25)18-8-5-9-19(14-18)30(26,27)22-15-17-6-3-2-4-7-17/h2-9,14,16,22H,10-13,15H2,1H3. The molecular weight excluding hydrogens is 408 g/mol. The smallest absolute Gasteiger partial charge is 0.338 e. The van der Waals surface area contributed by atoms with Crippen molar-refractivity contribution in [3.05, 3.63) is 65.7 Å². The summed E-state index contributed by atoms with van der Waals surface area (Å²) in [6.45, 7) is 3.41. The summed E-state index contributed by atoms with van der Waals surface area (Å²) >= 11 is 0. The monoisotopic (exact) mass is 432 g/mol. The Bertz CT molecular complexity index is 988. The Balaban J connectivity index is 1.64. The number of carbonyl (C=O) groups excluding carboxylic acids is 2. The molecule has 1 N–H and O–H groups in total. The molecule has 0 spiro atoms. The van der Waals surface area contributed by atoms with Gasteiger partial charge in [-0.2, -0.15) is 0 Å². The van der Waals surface area contributed by atoms with Crippen molar-refractivity contribution < 1.29 is 27.5 Å². The van der Waals surface area contributed by atoms with E-state index in [0.717, 1.165) is 5.56 Å². The van der Waals surface area contributed by atoms with Crippen molar-refractivity contribution in [2.45, 2.75) is 24.5 Å². The highest BCUT2D eigenvalue weighted by molar-refractivity contribution is 7.89. The Kier molecular flexibility index (Phi) is 7.20. The van der Waals surface area contributed by atoms with E-state index in [1.807, 2.05) is 30.3 Å². The zero-order chi connectivity index (χ0) is 21.6. The van der Waals surface area contributed by atoms with E-state index in [0.29, 0.717) is 26.3 Å². The largest absolute Gasteiger partial charge is 0.449 e. The van der Waals surface area contributed by atoms with Crippen LogP contribution in [-0.2, 0) is 30.8 Å². The number of amides is 1. The van der Waals surface area contributed by atoms with Crippen molar-refractivity contribution in [3.8, 4) is 0 Å². The van der Waals surface area contributed by atoms with E-state index in [1.54, 1.807) is 4.90 Å². The lowest BCUT2D eigenvalue weighted by Crippen LogP contribution is -2.46. The number of hydrogen-bond acceptors (Lipinski definition) is 6. The zero-order valence-corrected chi connectivity index (χ0v) is 17.4. The van der Waals surface area contributed by atoms with Gasteiger partial charge in [0.05, 0.1) is 23.7 Å². The Morgan fingerprint density at radius 2 is 1.80 bits per heavy atom. The average Bonchev–Trinajstić information content (AvgIpc) is 2.78. The number of nitrogens with one attached hydrogen (secondary N) is 1. The van der Waals surface area contributed by atoms with Crippen molar-refractivity contribution in [1.82, 2.24) is 9.62 Å². The van der Waals surface area contributed by atoms with Crippen molar-refractivity contribution >= 4 is 21.9 Å². The number of rotatable bonds is 7. The lowest BCUT2D eigenvalue weighted by atomic mass is 10.2. The maximum absolute atomic E-state index is 12.6. The minimum atomic E-state index is -3.82. The molecule has 0 radical (unpaired) electrons. The quantitative estimate of drug-likeness (QED) is 0.667. The topological polar surface area (TPSA) is 102 Å². The maximum Gasteiger partial charge on any atom is 0.338 e. The Hall–Kier alpha value is -2.75. The third-order valence-corrected chi connectivity index (χ3v) is 6.04. The third kappa shape index (κ3) is 5.65. The molecule has 0 aromatic heterocycles. The molecule has 1 heterocycles. The van der Waals surface area contributed by atoms with Gasteiger partial charge in [-0.25, -0.2) is 17.9 Å². The summed E-state index contributed by atoms with van der Waals surface area (Å²) in [4.78, 5) is 26.4. The van der Waals surface area contributed by atoms with Gasteiger partial charge in [0.25, 0.3) is 5.91 Å². The van der Waals surface area contributed by atoms with Crippen LogP contribution in [-0.4, -0.2) is 57.6 Å². The van der Waals surface area contributed by atoms with E-state index in [1.165, 1.54) is 31.2 Å². The average molecular weight is 432 g/mol. The fraction of sp³-hybridized carbons (Fsp3) is 0.333. The van der Waals surface area contributed by atoms with Crippen LogP contribution in [0.5, 0.6) is 0 Å². The van der Waals surface area contributed by atoms with Crippen LogP contribution in [0.3, 0.4) is 0 Å². The maximum atomic E-state index is 12.6. The Morgan fingerprint density at radius 3 is 2.50 bits per heavy atom. The van der Waals surface area contributed by atoms with Gasteiger partial charge >= 0.3 is 5.97 Å². The first-order chi connectivity index (χ1) is 14.4. The first-order valence-corrected chi connectivity index (χ1v) is 11.1. The lowest BCUT2D eigenvalue weighted by Gasteiger charge is -2.28. The van der Waals surface area contributed by atoms with Crippen molar-refractivity contribution in [2.24, 2.45) is 0 Å². The van der Waals surface area contributed by atoms with Gasteiger partial charge in [-0.15, -0.1) is 0 Å². The van der Waals surface area contributed by atoms with Crippen LogP contribution >= 0.6 is 0 Å². The van der Waals surface area contributed by atoms with Gasteiger partial charge in [-0.05, 0) is 30.7 Å². The molecule has 160 valence electrons. The molecule has 8 nitrogen and oxygen atoms in total. The minimum Gasteiger partial charge on any atom is -0.449 e. The number of hydrogen-bond donors (Lipinski definition) is 1. The Morgan fingerprint density at radius 1 is 1.10 bits per heavy atom. The summed E-state index contributed by atoms with van der Waals surface area (Å²) in [5, 5.41) is 0. The van der Waals surface area contributed by atoms with Crippen molar-refractivity contribution in [2.75, 3.05) is 26.3 Å². The van der Waals surface area contributed by atoms with Gasteiger partial charge in [-0.1, -0.05) is 36.4 Å². The molecule has 2 aromatic carbocycles. The van der Waals surface area contributed by atoms with Crippen molar-refractivity contribution in [1.29, 1.82) is 0 Å². The van der Waals surface area contributed by atoms with Crippen LogP contribution in [0.15, 0.2) is 59.5 Å². The van der Waals surface area contributed by atoms with Crippen LogP contribution in [0, 0.1) is 0 Å². The second kappa shape index (κ2) is 9.84. The second-order valence-corrected chi connectivity index (χ2v) is 8.59. The lowest BCUT2D eigenvalue weighted by molar-refractivity contribution is -0.143. The first-order valence-electron chi connectivity index (χ1n) is 9.58. The summed E-state index contributed by atoms with van der Waals surface area (Å²) < 4.78 is 38.1. The van der Waals surface area contributed by atoms with Gasteiger partial charge in [0, 0.05) is 19.6 Å². The molecule has 0 aliphatic carbocycles. The van der Waals surface area contributed by atoms with Crippen LogP contribution < -0.4 is 4.72 Å². The number of sulfonamides is 1. The molecule has 0 saturated carbocycles. The minimum absolute atomic E-state index is 0.0548. The summed E-state index contributed by atoms with van der Waals surface area (Å²) in [5.74, 6) is -1.07. The Labute approximate surface area is 175 Å². The normalized spacial score (nSPS) is 15.4. The van der Waals surface area contributed by atoms with Gasteiger partial charge in [-0.3, -0.25) is 4.79 Å². The molecule has 0 bridgehead atoms. The number of carbonyl (C=O) groups is 2. The fourth-order valence-corrected chi connectivity index (χ4v) is 4.03. The highest BCUT2D eigenvalue weighted by atomic mass is 32.2. The van der Waals surface area contributed by atoms with Gasteiger partial charge < -0.3 is 14.4 Å². The van der Waals surface area contributed by atoms with E-state index < -0.39 is 22.1 Å². The molecule has 1 amide bonds. The van der Waals surface area contributed by atoms with Crippen LogP contribution in [0.4, 0.5) is 0 Å². The third-order valence-electron chi connectivity index (χ3n) is 4.64. The number of morpholine rings is 1. The van der Waals surface area contributed by atoms with Gasteiger partial charge in [0.1, 0.15) is 0 Å². The summed E-state index contributed by atoms with van der Waals surface area (Å²) in [5.41, 5.74) is 0.867. The highest BCUT2D eigenvalue weighted by Gasteiger charge is 2.26. The molecule has 1 unspecified atom stereocenters. The summed E-state index contributed by atoms with van der Waals surface area (Å²) in [7, 11) is -3.82. The number of esters is 1. The van der Waals surface area contributed by atoms with Crippen molar-refractivity contribution in [3.63, 3.8) is 0 Å². The van der Waals surface area contributed by atoms with E-state index in [9.17, 15) is 18.0 Å². The predicted octanol–water partition coefficient (Wildman–Crippen LogP) is 1.57. The number of nitrogens with zero attached hydrogens (tertiary/aromatic N) is 1.